The first-order valence-electron chi connectivity index (χ1n) is 10.7. The fourth-order valence-corrected chi connectivity index (χ4v) is 3.54. The molecule has 3 amide bonds. The van der Waals surface area contributed by atoms with Crippen LogP contribution in [0.2, 0.25) is 0 Å². The van der Waals surface area contributed by atoms with Crippen LogP contribution in [-0.4, -0.2) is 51.8 Å². The van der Waals surface area contributed by atoms with Gasteiger partial charge in [0, 0.05) is 54.9 Å². The van der Waals surface area contributed by atoms with Crippen molar-refractivity contribution in [2.75, 3.05) is 5.32 Å². The molecule has 0 fully saturated rings. The Morgan fingerprint density at radius 2 is 1.76 bits per heavy atom. The average Bonchev–Trinajstić information content (AvgIpc) is 3.24. The van der Waals surface area contributed by atoms with Crippen LogP contribution < -0.4 is 16.0 Å². The van der Waals surface area contributed by atoms with Crippen molar-refractivity contribution in [2.24, 2.45) is 0 Å². The lowest BCUT2D eigenvalue weighted by atomic mass is 10.0. The molecule has 0 spiro atoms. The highest BCUT2D eigenvalue weighted by Gasteiger charge is 2.27. The molecule has 34 heavy (non-hydrogen) atoms. The van der Waals surface area contributed by atoms with E-state index in [4.69, 9.17) is 5.41 Å². The van der Waals surface area contributed by atoms with Crippen LogP contribution in [0.4, 0.5) is 5.69 Å². The minimum Gasteiger partial charge on any atom is -0.361 e. The zero-order chi connectivity index (χ0) is 24.5. The first-order chi connectivity index (χ1) is 16.4. The summed E-state index contributed by atoms with van der Waals surface area (Å²) in [6, 6.07) is 8.79. The number of Topliss-reactive ketones (excluding diaryl/α,β-unsaturated/α-hetero) is 1. The maximum atomic E-state index is 13.2. The summed E-state index contributed by atoms with van der Waals surface area (Å²) in [6.07, 6.45) is 5.58. The number of H-pyrrole nitrogens is 1. The third-order valence-corrected chi connectivity index (χ3v) is 5.21. The van der Waals surface area contributed by atoms with E-state index >= 15 is 0 Å². The molecule has 3 rings (SSSR count). The molecule has 0 radical (unpaired) electrons. The SMILES string of the molecule is CC(=O)N[C@@H](Cc1c[nH]c2ccccc12)C(=O)N[C@@H](CCC(=O)C=N)C(=O)Nc1ccncc1. The summed E-state index contributed by atoms with van der Waals surface area (Å²) in [5.41, 5.74) is 2.22. The molecule has 10 nitrogen and oxygen atoms in total. The molecule has 2 aromatic heterocycles. The highest BCUT2D eigenvalue weighted by Crippen LogP contribution is 2.19. The van der Waals surface area contributed by atoms with Crippen LogP contribution in [0, 0.1) is 5.41 Å². The first kappa shape index (κ1) is 24.3. The molecule has 0 unspecified atom stereocenters. The fourth-order valence-electron chi connectivity index (χ4n) is 3.54. The maximum absolute atomic E-state index is 13.2. The molecule has 0 aliphatic heterocycles. The Kier molecular flexibility index (Phi) is 8.22. The highest BCUT2D eigenvalue weighted by molar-refractivity contribution is 6.26. The average molecular weight is 463 g/mol. The Bertz CT molecular complexity index is 1190. The largest absolute Gasteiger partial charge is 0.361 e. The fraction of sp³-hybridized carbons (Fsp3) is 0.250. The van der Waals surface area contributed by atoms with E-state index in [0.717, 1.165) is 16.5 Å². The molecule has 0 bridgehead atoms. The summed E-state index contributed by atoms with van der Waals surface area (Å²) < 4.78 is 0. The number of fused-ring (bicyclic) bond motifs is 1. The molecule has 2 heterocycles. The van der Waals surface area contributed by atoms with Gasteiger partial charge in [-0.25, -0.2) is 0 Å². The second kappa shape index (κ2) is 11.5. The third-order valence-electron chi connectivity index (χ3n) is 5.21. The van der Waals surface area contributed by atoms with Gasteiger partial charge in [0.25, 0.3) is 0 Å². The Morgan fingerprint density at radius 1 is 1.03 bits per heavy atom. The van der Waals surface area contributed by atoms with Crippen LogP contribution in [0.15, 0.2) is 55.0 Å². The predicted octanol–water partition coefficient (Wildman–Crippen LogP) is 1.73. The van der Waals surface area contributed by atoms with E-state index < -0.39 is 35.6 Å². The number of aromatic amines is 1. The number of benzene rings is 1. The summed E-state index contributed by atoms with van der Waals surface area (Å²) >= 11 is 0. The van der Waals surface area contributed by atoms with Crippen LogP contribution in [0.5, 0.6) is 0 Å². The number of pyridine rings is 1. The Balaban J connectivity index is 1.78. The molecule has 5 N–H and O–H groups in total. The second-order valence-corrected chi connectivity index (χ2v) is 7.75. The molecule has 176 valence electrons. The van der Waals surface area contributed by atoms with Crippen molar-refractivity contribution in [3.8, 4) is 0 Å². The summed E-state index contributed by atoms with van der Waals surface area (Å²) in [4.78, 5) is 56.5. The molecule has 10 heteroatoms. The van der Waals surface area contributed by atoms with Crippen molar-refractivity contribution in [3.63, 3.8) is 0 Å². The van der Waals surface area contributed by atoms with Gasteiger partial charge in [-0.05, 0) is 30.2 Å². The number of amides is 3. The van der Waals surface area contributed by atoms with E-state index in [2.05, 4.69) is 25.9 Å². The number of nitrogens with one attached hydrogen (secondary N) is 5. The normalized spacial score (nSPS) is 12.4. The van der Waals surface area contributed by atoms with Gasteiger partial charge in [-0.3, -0.25) is 24.2 Å². The van der Waals surface area contributed by atoms with Gasteiger partial charge in [-0.15, -0.1) is 0 Å². The van der Waals surface area contributed by atoms with E-state index in [9.17, 15) is 19.2 Å². The molecule has 0 saturated heterocycles. The minimum atomic E-state index is -1.05. The van der Waals surface area contributed by atoms with E-state index in [0.29, 0.717) is 11.9 Å². The van der Waals surface area contributed by atoms with Crippen molar-refractivity contribution in [1.29, 1.82) is 5.41 Å². The summed E-state index contributed by atoms with van der Waals surface area (Å²) in [7, 11) is 0. The zero-order valence-corrected chi connectivity index (χ0v) is 18.6. The van der Waals surface area contributed by atoms with Crippen LogP contribution in [0.1, 0.15) is 25.3 Å². The van der Waals surface area contributed by atoms with Crippen LogP contribution in [0.3, 0.4) is 0 Å². The molecular formula is C24H26N6O4. The van der Waals surface area contributed by atoms with Crippen molar-refractivity contribution < 1.29 is 19.2 Å². The number of anilines is 1. The maximum Gasteiger partial charge on any atom is 0.246 e. The van der Waals surface area contributed by atoms with E-state index in [1.807, 2.05) is 24.3 Å². The van der Waals surface area contributed by atoms with E-state index in [1.165, 1.54) is 19.3 Å². The van der Waals surface area contributed by atoms with Gasteiger partial charge in [0.05, 0.1) is 6.21 Å². The van der Waals surface area contributed by atoms with Crippen molar-refractivity contribution in [1.82, 2.24) is 20.6 Å². The molecule has 2 atom stereocenters. The molecule has 3 aromatic rings. The lowest BCUT2D eigenvalue weighted by Crippen LogP contribution is -2.53. The van der Waals surface area contributed by atoms with Gasteiger partial charge in [0.1, 0.15) is 12.1 Å². The standard InChI is InChI=1S/C24H26N6O4/c1-15(31)28-22(12-16-14-27-20-5-3-2-4-19(16)20)24(34)30-21(7-6-18(32)13-25)23(33)29-17-8-10-26-11-9-17/h2-5,8-11,13-14,21-22,25,27H,6-7,12H2,1H3,(H,28,31)(H,30,34)(H,26,29,33)/t21-,22-/m0/s1. The smallest absolute Gasteiger partial charge is 0.246 e. The van der Waals surface area contributed by atoms with Crippen LogP contribution >= 0.6 is 0 Å². The summed E-state index contributed by atoms with van der Waals surface area (Å²) in [6.45, 7) is 1.31. The monoisotopic (exact) mass is 462 g/mol. The second-order valence-electron chi connectivity index (χ2n) is 7.75. The predicted molar refractivity (Wildman–Crippen MR) is 127 cm³/mol. The van der Waals surface area contributed by atoms with Crippen molar-refractivity contribution >= 4 is 46.3 Å². The molecule has 0 aliphatic rings. The van der Waals surface area contributed by atoms with Gasteiger partial charge in [-0.1, -0.05) is 18.2 Å². The van der Waals surface area contributed by atoms with Gasteiger partial charge in [0.15, 0.2) is 5.78 Å². The number of rotatable bonds is 11. The Labute approximate surface area is 196 Å². The summed E-state index contributed by atoms with van der Waals surface area (Å²) in [5.74, 6) is -1.94. The number of para-hydroxylation sites is 1. The molecule has 0 saturated carbocycles. The lowest BCUT2D eigenvalue weighted by Gasteiger charge is -2.22. The molecule has 1 aromatic carbocycles. The quantitative estimate of drug-likeness (QED) is 0.274. The number of nitrogens with zero attached hydrogens (tertiary/aromatic N) is 1. The molecular weight excluding hydrogens is 436 g/mol. The number of ketones is 1. The zero-order valence-electron chi connectivity index (χ0n) is 18.6. The van der Waals surface area contributed by atoms with E-state index in [1.54, 1.807) is 18.3 Å². The number of carbonyl (C=O) groups excluding carboxylic acids is 4. The first-order valence-corrected chi connectivity index (χ1v) is 10.7. The van der Waals surface area contributed by atoms with Crippen molar-refractivity contribution in [3.05, 3.63) is 60.6 Å². The third kappa shape index (κ3) is 6.58. The van der Waals surface area contributed by atoms with E-state index in [-0.39, 0.29) is 19.3 Å². The Morgan fingerprint density at radius 3 is 2.47 bits per heavy atom. The van der Waals surface area contributed by atoms with Crippen LogP contribution in [0.25, 0.3) is 10.9 Å². The highest BCUT2D eigenvalue weighted by atomic mass is 16.2. The lowest BCUT2D eigenvalue weighted by molar-refractivity contribution is -0.130. The summed E-state index contributed by atoms with van der Waals surface area (Å²) in [5, 5.41) is 16.0. The number of carbonyl (C=O) groups is 4. The minimum absolute atomic E-state index is 0.00323. The number of hydrogen-bond acceptors (Lipinski definition) is 6. The molecule has 0 aliphatic carbocycles. The number of hydrogen-bond donors (Lipinski definition) is 5. The van der Waals surface area contributed by atoms with Crippen molar-refractivity contribution in [2.45, 2.75) is 38.3 Å². The van der Waals surface area contributed by atoms with Gasteiger partial charge >= 0.3 is 0 Å². The Hall–Kier alpha value is -4.34. The van der Waals surface area contributed by atoms with Crippen LogP contribution in [-0.2, 0) is 25.6 Å². The number of aromatic nitrogens is 2. The topological polar surface area (TPSA) is 157 Å². The van der Waals surface area contributed by atoms with Gasteiger partial charge < -0.3 is 26.3 Å². The van der Waals surface area contributed by atoms with Gasteiger partial charge in [-0.2, -0.15) is 0 Å². The van der Waals surface area contributed by atoms with Gasteiger partial charge in [0.2, 0.25) is 17.7 Å².